The molecule has 0 aromatic heterocycles. The Kier molecular flexibility index (Phi) is 5.95. The van der Waals surface area contributed by atoms with Crippen LogP contribution >= 0.6 is 0 Å². The Labute approximate surface area is 169 Å². The van der Waals surface area contributed by atoms with E-state index in [1.54, 1.807) is 12.1 Å². The number of hydrogen-bond donors (Lipinski definition) is 1. The van der Waals surface area contributed by atoms with Crippen LogP contribution in [0.3, 0.4) is 0 Å². The molecule has 0 aliphatic heterocycles. The summed E-state index contributed by atoms with van der Waals surface area (Å²) in [6, 6.07) is 18.5. The second-order valence-corrected chi connectivity index (χ2v) is 8.65. The number of carbonyl (C=O) groups excluding carboxylic acids is 2. The SMILES string of the molecule is CN(C)S(=O)(=O)c1ccc(NC(=O)COC(=O)c2ccc3ccccc3c2)cc1. The molecule has 0 bridgehead atoms. The summed E-state index contributed by atoms with van der Waals surface area (Å²) in [6.45, 7) is -0.455. The van der Waals surface area contributed by atoms with Gasteiger partial charge in [0.1, 0.15) is 0 Å². The number of rotatable bonds is 6. The Morgan fingerprint density at radius 3 is 2.24 bits per heavy atom. The van der Waals surface area contributed by atoms with Gasteiger partial charge in [-0.2, -0.15) is 0 Å². The third-order valence-corrected chi connectivity index (χ3v) is 6.07. The molecule has 0 saturated carbocycles. The molecule has 0 heterocycles. The number of esters is 1. The molecule has 0 atom stereocenters. The zero-order chi connectivity index (χ0) is 21.0. The first kappa shape index (κ1) is 20.5. The third kappa shape index (κ3) is 4.79. The van der Waals surface area contributed by atoms with E-state index >= 15 is 0 Å². The Morgan fingerprint density at radius 2 is 1.59 bits per heavy atom. The highest BCUT2D eigenvalue weighted by molar-refractivity contribution is 7.89. The van der Waals surface area contributed by atoms with Crippen LogP contribution in [-0.4, -0.2) is 45.3 Å². The first-order chi connectivity index (χ1) is 13.8. The second-order valence-electron chi connectivity index (χ2n) is 6.50. The Bertz CT molecular complexity index is 1160. The molecule has 0 spiro atoms. The van der Waals surface area contributed by atoms with Crippen LogP contribution in [0.1, 0.15) is 10.4 Å². The van der Waals surface area contributed by atoms with Gasteiger partial charge in [-0.15, -0.1) is 0 Å². The topological polar surface area (TPSA) is 92.8 Å². The second kappa shape index (κ2) is 8.42. The van der Waals surface area contributed by atoms with Crippen molar-refractivity contribution in [3.05, 3.63) is 72.3 Å². The summed E-state index contributed by atoms with van der Waals surface area (Å²) >= 11 is 0. The largest absolute Gasteiger partial charge is 0.452 e. The molecule has 3 aromatic carbocycles. The molecule has 0 unspecified atom stereocenters. The van der Waals surface area contributed by atoms with E-state index in [0.717, 1.165) is 15.1 Å². The van der Waals surface area contributed by atoms with Gasteiger partial charge in [-0.3, -0.25) is 4.79 Å². The van der Waals surface area contributed by atoms with Crippen molar-refractivity contribution < 1.29 is 22.7 Å². The molecule has 7 nitrogen and oxygen atoms in total. The summed E-state index contributed by atoms with van der Waals surface area (Å²) in [4.78, 5) is 24.3. The predicted octanol–water partition coefficient (Wildman–Crippen LogP) is 2.89. The summed E-state index contributed by atoms with van der Waals surface area (Å²) in [5.74, 6) is -1.12. The lowest BCUT2D eigenvalue weighted by Gasteiger charge is -2.12. The fraction of sp³-hybridized carbons (Fsp3) is 0.143. The molecule has 0 fully saturated rings. The van der Waals surface area contributed by atoms with E-state index in [1.165, 1.54) is 38.4 Å². The minimum Gasteiger partial charge on any atom is -0.452 e. The maximum atomic E-state index is 12.2. The lowest BCUT2D eigenvalue weighted by Crippen LogP contribution is -2.22. The summed E-state index contributed by atoms with van der Waals surface area (Å²) in [6.07, 6.45) is 0. The molecule has 0 saturated heterocycles. The molecule has 1 amide bonds. The minimum absolute atomic E-state index is 0.114. The monoisotopic (exact) mass is 412 g/mol. The fourth-order valence-electron chi connectivity index (χ4n) is 2.65. The average molecular weight is 412 g/mol. The Morgan fingerprint density at radius 1 is 0.931 bits per heavy atom. The van der Waals surface area contributed by atoms with E-state index in [-0.39, 0.29) is 4.90 Å². The highest BCUT2D eigenvalue weighted by Crippen LogP contribution is 2.17. The van der Waals surface area contributed by atoms with Crippen LogP contribution in [0.25, 0.3) is 10.8 Å². The maximum Gasteiger partial charge on any atom is 0.338 e. The maximum absolute atomic E-state index is 12.2. The van der Waals surface area contributed by atoms with Gasteiger partial charge in [0.2, 0.25) is 10.0 Å². The van der Waals surface area contributed by atoms with Gasteiger partial charge in [0.25, 0.3) is 5.91 Å². The van der Waals surface area contributed by atoms with Crippen molar-refractivity contribution in [3.8, 4) is 0 Å². The molecule has 8 heteroatoms. The van der Waals surface area contributed by atoms with Crippen LogP contribution in [0.5, 0.6) is 0 Å². The van der Waals surface area contributed by atoms with Gasteiger partial charge in [-0.1, -0.05) is 30.3 Å². The quantitative estimate of drug-likeness (QED) is 0.629. The Hall–Kier alpha value is -3.23. The third-order valence-electron chi connectivity index (χ3n) is 4.24. The van der Waals surface area contributed by atoms with Gasteiger partial charge in [0, 0.05) is 19.8 Å². The number of benzene rings is 3. The molecule has 29 heavy (non-hydrogen) atoms. The summed E-state index contributed by atoms with van der Waals surface area (Å²) in [7, 11) is -0.660. The number of ether oxygens (including phenoxy) is 1. The fourth-order valence-corrected chi connectivity index (χ4v) is 3.55. The molecule has 3 aromatic rings. The van der Waals surface area contributed by atoms with Crippen molar-refractivity contribution >= 4 is 38.4 Å². The first-order valence-corrected chi connectivity index (χ1v) is 10.2. The zero-order valence-corrected chi connectivity index (χ0v) is 16.8. The van der Waals surface area contributed by atoms with Gasteiger partial charge in [0.15, 0.2) is 6.61 Å². The van der Waals surface area contributed by atoms with Gasteiger partial charge < -0.3 is 10.1 Å². The molecule has 150 valence electrons. The van der Waals surface area contributed by atoms with Crippen molar-refractivity contribution in [1.82, 2.24) is 4.31 Å². The smallest absolute Gasteiger partial charge is 0.338 e. The number of carbonyl (C=O) groups is 2. The molecular formula is C21H20N2O5S. The summed E-state index contributed by atoms with van der Waals surface area (Å²) in [5.41, 5.74) is 0.754. The van der Waals surface area contributed by atoms with Crippen LogP contribution < -0.4 is 5.32 Å². The summed E-state index contributed by atoms with van der Waals surface area (Å²) in [5, 5.41) is 4.47. The van der Waals surface area contributed by atoms with Crippen molar-refractivity contribution in [1.29, 1.82) is 0 Å². The van der Waals surface area contributed by atoms with Crippen LogP contribution in [0, 0.1) is 0 Å². The number of hydrogen-bond acceptors (Lipinski definition) is 5. The number of fused-ring (bicyclic) bond motifs is 1. The van der Waals surface area contributed by atoms with Gasteiger partial charge >= 0.3 is 5.97 Å². The van der Waals surface area contributed by atoms with Crippen molar-refractivity contribution in [2.75, 3.05) is 26.0 Å². The van der Waals surface area contributed by atoms with Crippen LogP contribution in [0.2, 0.25) is 0 Å². The number of sulfonamides is 1. The lowest BCUT2D eigenvalue weighted by atomic mass is 10.1. The van der Waals surface area contributed by atoms with Gasteiger partial charge in [0.05, 0.1) is 10.5 Å². The lowest BCUT2D eigenvalue weighted by molar-refractivity contribution is -0.119. The minimum atomic E-state index is -3.54. The van der Waals surface area contributed by atoms with Crippen LogP contribution in [0.15, 0.2) is 71.6 Å². The van der Waals surface area contributed by atoms with E-state index in [4.69, 9.17) is 4.74 Å². The normalized spacial score (nSPS) is 11.4. The van der Waals surface area contributed by atoms with E-state index < -0.39 is 28.5 Å². The predicted molar refractivity (Wildman–Crippen MR) is 110 cm³/mol. The molecule has 0 aliphatic rings. The van der Waals surface area contributed by atoms with E-state index in [0.29, 0.717) is 11.3 Å². The molecule has 1 N–H and O–H groups in total. The van der Waals surface area contributed by atoms with Crippen LogP contribution in [-0.2, 0) is 19.6 Å². The van der Waals surface area contributed by atoms with Gasteiger partial charge in [-0.25, -0.2) is 17.5 Å². The summed E-state index contributed by atoms with van der Waals surface area (Å²) < 4.78 is 30.3. The van der Waals surface area contributed by atoms with Gasteiger partial charge in [-0.05, 0) is 47.2 Å². The molecular weight excluding hydrogens is 392 g/mol. The van der Waals surface area contributed by atoms with E-state index in [2.05, 4.69) is 5.32 Å². The standard InChI is InChI=1S/C21H20N2O5S/c1-23(2)29(26,27)19-11-9-18(10-12-19)22-20(24)14-28-21(25)17-8-7-15-5-3-4-6-16(15)13-17/h3-13H,14H2,1-2H3,(H,22,24). The highest BCUT2D eigenvalue weighted by Gasteiger charge is 2.17. The molecule has 3 rings (SSSR count). The van der Waals surface area contributed by atoms with E-state index in [1.807, 2.05) is 30.3 Å². The van der Waals surface area contributed by atoms with Crippen LogP contribution in [0.4, 0.5) is 5.69 Å². The number of nitrogens with one attached hydrogen (secondary N) is 1. The molecule has 0 aliphatic carbocycles. The van der Waals surface area contributed by atoms with E-state index in [9.17, 15) is 18.0 Å². The van der Waals surface area contributed by atoms with Crippen molar-refractivity contribution in [2.45, 2.75) is 4.90 Å². The number of amides is 1. The zero-order valence-electron chi connectivity index (χ0n) is 16.0. The Balaban J connectivity index is 1.58. The average Bonchev–Trinajstić information content (AvgIpc) is 2.72. The first-order valence-electron chi connectivity index (χ1n) is 8.76. The number of anilines is 1. The molecule has 0 radical (unpaired) electrons. The highest BCUT2D eigenvalue weighted by atomic mass is 32.2. The van der Waals surface area contributed by atoms with Crippen molar-refractivity contribution in [2.24, 2.45) is 0 Å². The van der Waals surface area contributed by atoms with Crippen molar-refractivity contribution in [3.63, 3.8) is 0 Å². The number of nitrogens with zero attached hydrogens (tertiary/aromatic N) is 1.